The van der Waals surface area contributed by atoms with Gasteiger partial charge in [0, 0.05) is 23.1 Å². The molecule has 3 rings (SSSR count). The molecule has 2 atom stereocenters. The number of nitrogens with zero attached hydrogens (tertiary/aromatic N) is 2. The van der Waals surface area contributed by atoms with Gasteiger partial charge in [0.05, 0.1) is 17.7 Å². The highest BCUT2D eigenvalue weighted by molar-refractivity contribution is 9.10. The molecule has 39 heavy (non-hydrogen) atoms. The van der Waals surface area contributed by atoms with Gasteiger partial charge in [0.1, 0.15) is 18.3 Å². The molecule has 0 saturated heterocycles. The number of nitrogens with one attached hydrogen (secondary N) is 1. The van der Waals surface area contributed by atoms with E-state index in [0.717, 1.165) is 20.8 Å². The third-order valence-electron chi connectivity index (χ3n) is 6.39. The summed E-state index contributed by atoms with van der Waals surface area (Å²) < 4.78 is 34.9. The van der Waals surface area contributed by atoms with Crippen LogP contribution in [-0.2, 0) is 26.2 Å². The average molecular weight is 617 g/mol. The number of sulfonamides is 1. The van der Waals surface area contributed by atoms with Gasteiger partial charge in [-0.2, -0.15) is 0 Å². The molecule has 2 amide bonds. The van der Waals surface area contributed by atoms with Gasteiger partial charge >= 0.3 is 0 Å². The first-order valence-corrected chi connectivity index (χ1v) is 14.9. The molecule has 0 spiro atoms. The van der Waals surface area contributed by atoms with E-state index in [0.29, 0.717) is 5.75 Å². The summed E-state index contributed by atoms with van der Waals surface area (Å²) in [7, 11) is -2.65. The number of hydrogen-bond acceptors (Lipinski definition) is 5. The van der Waals surface area contributed by atoms with Crippen LogP contribution in [0.4, 0.5) is 5.69 Å². The summed E-state index contributed by atoms with van der Waals surface area (Å²) in [6.07, 6.45) is 0.734. The predicted molar refractivity (Wildman–Crippen MR) is 156 cm³/mol. The van der Waals surface area contributed by atoms with Crippen molar-refractivity contribution in [2.24, 2.45) is 0 Å². The Morgan fingerprint density at radius 1 is 0.974 bits per heavy atom. The quantitative estimate of drug-likeness (QED) is 0.310. The van der Waals surface area contributed by atoms with Crippen molar-refractivity contribution in [3.05, 3.63) is 88.9 Å². The maximum Gasteiger partial charge on any atom is 0.264 e. The number of rotatable bonds is 12. The molecule has 0 unspecified atom stereocenters. The molecule has 0 heterocycles. The van der Waals surface area contributed by atoms with E-state index < -0.39 is 28.5 Å². The molecule has 1 N–H and O–H groups in total. The molecule has 0 fully saturated rings. The third-order valence-corrected chi connectivity index (χ3v) is 8.70. The van der Waals surface area contributed by atoms with Crippen molar-refractivity contribution in [2.75, 3.05) is 18.0 Å². The fourth-order valence-corrected chi connectivity index (χ4v) is 5.54. The summed E-state index contributed by atoms with van der Waals surface area (Å²) in [5.41, 5.74) is 1.07. The summed E-state index contributed by atoms with van der Waals surface area (Å²) in [5, 5.41) is 2.93. The smallest absolute Gasteiger partial charge is 0.264 e. The normalized spacial score (nSPS) is 12.7. The number of halogens is 1. The number of hydrogen-bond donors (Lipinski definition) is 1. The second-order valence-electron chi connectivity index (χ2n) is 9.17. The van der Waals surface area contributed by atoms with Gasteiger partial charge in [-0.25, -0.2) is 8.42 Å². The number of methoxy groups -OCH3 is 1. The molecule has 10 heteroatoms. The number of carbonyl (C=O) groups excluding carboxylic acids is 2. The summed E-state index contributed by atoms with van der Waals surface area (Å²) in [5.74, 6) is -0.387. The van der Waals surface area contributed by atoms with E-state index in [1.165, 1.54) is 24.1 Å². The Balaban J connectivity index is 2.02. The maximum atomic E-state index is 13.9. The molecule has 0 aliphatic carbocycles. The van der Waals surface area contributed by atoms with Crippen LogP contribution in [0.5, 0.6) is 5.75 Å². The minimum absolute atomic E-state index is 0.0441. The van der Waals surface area contributed by atoms with Gasteiger partial charge < -0.3 is 15.0 Å². The highest BCUT2D eigenvalue weighted by atomic mass is 79.9. The first-order valence-electron chi connectivity index (χ1n) is 12.6. The van der Waals surface area contributed by atoms with Crippen LogP contribution < -0.4 is 14.4 Å². The Labute approximate surface area is 239 Å². The molecule has 3 aromatic rings. The van der Waals surface area contributed by atoms with Gasteiger partial charge in [-0.05, 0) is 62.2 Å². The molecule has 208 valence electrons. The van der Waals surface area contributed by atoms with Gasteiger partial charge in [0.2, 0.25) is 11.8 Å². The second kappa shape index (κ2) is 13.6. The standard InChI is InChI=1S/C29H34BrN3O5S/c1-5-21(2)31-29(35)22(3)32(19-23-14-16-24(30)17-15-23)28(34)20-33(25-10-9-11-26(18-25)38-4)39(36,37)27-12-7-6-8-13-27/h6-18,21-22H,5,19-20H2,1-4H3,(H,31,35)/t21-,22+/m1/s1. The second-order valence-corrected chi connectivity index (χ2v) is 11.9. The summed E-state index contributed by atoms with van der Waals surface area (Å²) in [6, 6.07) is 20.9. The molecule has 0 bridgehead atoms. The lowest BCUT2D eigenvalue weighted by molar-refractivity contribution is -0.139. The minimum Gasteiger partial charge on any atom is -0.497 e. The summed E-state index contributed by atoms with van der Waals surface area (Å²) in [4.78, 5) is 28.5. The number of ether oxygens (including phenoxy) is 1. The van der Waals surface area contributed by atoms with Crippen molar-refractivity contribution >= 4 is 43.5 Å². The van der Waals surface area contributed by atoms with E-state index >= 15 is 0 Å². The highest BCUT2D eigenvalue weighted by Gasteiger charge is 2.32. The first kappa shape index (κ1) is 30.2. The minimum atomic E-state index is -4.13. The lowest BCUT2D eigenvalue weighted by Gasteiger charge is -2.32. The highest BCUT2D eigenvalue weighted by Crippen LogP contribution is 2.27. The van der Waals surface area contributed by atoms with Crippen molar-refractivity contribution in [3.8, 4) is 5.75 Å². The molecule has 8 nitrogen and oxygen atoms in total. The van der Waals surface area contributed by atoms with E-state index in [4.69, 9.17) is 4.74 Å². The Hall–Kier alpha value is -3.37. The number of amides is 2. The first-order chi connectivity index (χ1) is 18.6. The number of anilines is 1. The Bertz CT molecular complexity index is 1370. The topological polar surface area (TPSA) is 96.0 Å². The Morgan fingerprint density at radius 3 is 2.26 bits per heavy atom. The van der Waals surface area contributed by atoms with E-state index in [9.17, 15) is 18.0 Å². The molecular weight excluding hydrogens is 582 g/mol. The van der Waals surface area contributed by atoms with E-state index in [-0.39, 0.29) is 29.1 Å². The SMILES string of the molecule is CC[C@@H](C)NC(=O)[C@H](C)N(Cc1ccc(Br)cc1)C(=O)CN(c1cccc(OC)c1)S(=O)(=O)c1ccccc1. The summed E-state index contributed by atoms with van der Waals surface area (Å²) in [6.45, 7) is 5.11. The fraction of sp³-hybridized carbons (Fsp3) is 0.310. The molecular formula is C29H34BrN3O5S. The van der Waals surface area contributed by atoms with Crippen LogP contribution in [0, 0.1) is 0 Å². The zero-order chi connectivity index (χ0) is 28.6. The van der Waals surface area contributed by atoms with Crippen molar-refractivity contribution in [2.45, 2.75) is 50.7 Å². The monoisotopic (exact) mass is 615 g/mol. The zero-order valence-electron chi connectivity index (χ0n) is 22.5. The van der Waals surface area contributed by atoms with Crippen molar-refractivity contribution < 1.29 is 22.7 Å². The van der Waals surface area contributed by atoms with Gasteiger partial charge in [0.25, 0.3) is 10.0 Å². The van der Waals surface area contributed by atoms with E-state index in [1.54, 1.807) is 49.4 Å². The predicted octanol–water partition coefficient (Wildman–Crippen LogP) is 4.99. The average Bonchev–Trinajstić information content (AvgIpc) is 2.95. The Morgan fingerprint density at radius 2 is 1.64 bits per heavy atom. The summed E-state index contributed by atoms with van der Waals surface area (Å²) >= 11 is 3.41. The van der Waals surface area contributed by atoms with Crippen LogP contribution in [0.2, 0.25) is 0 Å². The van der Waals surface area contributed by atoms with Crippen molar-refractivity contribution in [1.29, 1.82) is 0 Å². The van der Waals surface area contributed by atoms with Crippen molar-refractivity contribution in [3.63, 3.8) is 0 Å². The molecule has 0 aliphatic heterocycles. The third kappa shape index (κ3) is 7.83. The van der Waals surface area contributed by atoms with Crippen LogP contribution in [0.15, 0.2) is 88.2 Å². The molecule has 3 aromatic carbocycles. The van der Waals surface area contributed by atoms with E-state index in [2.05, 4.69) is 21.2 Å². The van der Waals surface area contributed by atoms with Crippen LogP contribution in [0.3, 0.4) is 0 Å². The van der Waals surface area contributed by atoms with Crippen molar-refractivity contribution in [1.82, 2.24) is 10.2 Å². The van der Waals surface area contributed by atoms with Crippen LogP contribution in [0.1, 0.15) is 32.8 Å². The fourth-order valence-electron chi connectivity index (χ4n) is 3.85. The van der Waals surface area contributed by atoms with Gasteiger partial charge in [-0.15, -0.1) is 0 Å². The lowest BCUT2D eigenvalue weighted by atomic mass is 10.1. The lowest BCUT2D eigenvalue weighted by Crippen LogP contribution is -2.52. The largest absolute Gasteiger partial charge is 0.497 e. The van der Waals surface area contributed by atoms with Crippen LogP contribution in [0.25, 0.3) is 0 Å². The van der Waals surface area contributed by atoms with Gasteiger partial charge in [-0.3, -0.25) is 13.9 Å². The van der Waals surface area contributed by atoms with E-state index in [1.807, 2.05) is 38.1 Å². The maximum absolute atomic E-state index is 13.9. The number of carbonyl (C=O) groups is 2. The molecule has 0 saturated carbocycles. The van der Waals surface area contributed by atoms with Gasteiger partial charge in [0.15, 0.2) is 0 Å². The molecule has 0 aliphatic rings. The van der Waals surface area contributed by atoms with Crippen LogP contribution >= 0.6 is 15.9 Å². The Kier molecular flexibility index (Phi) is 10.5. The van der Waals surface area contributed by atoms with Gasteiger partial charge in [-0.1, -0.05) is 59.3 Å². The molecule has 0 radical (unpaired) electrons. The van der Waals surface area contributed by atoms with Crippen LogP contribution in [-0.4, -0.2) is 50.9 Å². The zero-order valence-corrected chi connectivity index (χ0v) is 24.9. The molecule has 0 aromatic heterocycles. The number of benzene rings is 3.